The van der Waals surface area contributed by atoms with Crippen LogP contribution in [0.4, 0.5) is 0 Å². The normalized spacial score (nSPS) is 27.4. The zero-order valence-electron chi connectivity index (χ0n) is 9.12. The topological polar surface area (TPSA) is 0 Å². The molecular weight excluding hydrogens is 168 g/mol. The minimum atomic E-state index is 1.23. The van der Waals surface area contributed by atoms with E-state index in [0.29, 0.717) is 0 Å². The van der Waals surface area contributed by atoms with Crippen molar-refractivity contribution in [3.8, 4) is 0 Å². The molecule has 0 heteroatoms. The van der Waals surface area contributed by atoms with E-state index < -0.39 is 0 Å². The number of hydrogen-bond donors (Lipinski definition) is 0. The summed E-state index contributed by atoms with van der Waals surface area (Å²) in [5.74, 6) is 0. The van der Waals surface area contributed by atoms with Gasteiger partial charge in [0, 0.05) is 0 Å². The summed E-state index contributed by atoms with van der Waals surface area (Å²) in [6, 6.07) is 0. The van der Waals surface area contributed by atoms with Gasteiger partial charge < -0.3 is 0 Å². The molecule has 0 amide bonds. The average Bonchev–Trinajstić information content (AvgIpc) is 2.22. The van der Waals surface area contributed by atoms with Gasteiger partial charge in [0.1, 0.15) is 0 Å². The van der Waals surface area contributed by atoms with Crippen LogP contribution in [-0.2, 0) is 0 Å². The molecule has 0 atom stereocenters. The van der Waals surface area contributed by atoms with Gasteiger partial charge in [0.15, 0.2) is 0 Å². The zero-order chi connectivity index (χ0) is 9.90. The molecule has 1 aliphatic rings. The summed E-state index contributed by atoms with van der Waals surface area (Å²) < 4.78 is 0. The first-order valence-corrected chi connectivity index (χ1v) is 5.97. The van der Waals surface area contributed by atoms with E-state index in [1.807, 2.05) is 0 Å². The van der Waals surface area contributed by atoms with Crippen LogP contribution in [0.25, 0.3) is 0 Å². The molecule has 0 spiro atoms. The molecule has 0 aromatic heterocycles. The molecule has 0 radical (unpaired) electrons. The first-order valence-electron chi connectivity index (χ1n) is 5.97. The Morgan fingerprint density at radius 1 is 0.429 bits per heavy atom. The average molecular weight is 190 g/mol. The molecule has 0 aromatic rings. The largest absolute Gasteiger partial charge is 0.0885 e. The first kappa shape index (κ1) is 11.3. The van der Waals surface area contributed by atoms with Crippen LogP contribution in [0.2, 0.25) is 0 Å². The van der Waals surface area contributed by atoms with Crippen molar-refractivity contribution in [2.45, 2.75) is 51.4 Å². The SMILES string of the molecule is C1=C\CCCC/C=C/C=C/CCCC/1. The fourth-order valence-electron chi connectivity index (χ4n) is 1.63. The molecule has 1 rings (SSSR count). The standard InChI is InChI=1S/C14H22/c1-2-4-6-8-10-12-14-13-11-9-7-5-3-1/h1-4,13-14H,5-12H2/b3-1+,4-2+,14-13-. The van der Waals surface area contributed by atoms with E-state index in [2.05, 4.69) is 36.5 Å². The molecule has 0 aliphatic heterocycles. The lowest BCUT2D eigenvalue weighted by atomic mass is 10.1. The summed E-state index contributed by atoms with van der Waals surface area (Å²) in [5, 5.41) is 0. The first-order chi connectivity index (χ1) is 7.00. The quantitative estimate of drug-likeness (QED) is 0.482. The van der Waals surface area contributed by atoms with Crippen LogP contribution in [0.3, 0.4) is 0 Å². The van der Waals surface area contributed by atoms with Crippen LogP contribution in [-0.4, -0.2) is 0 Å². The third-order valence-corrected chi connectivity index (χ3v) is 2.53. The maximum absolute atomic E-state index is 2.35. The van der Waals surface area contributed by atoms with E-state index >= 15 is 0 Å². The minimum Gasteiger partial charge on any atom is -0.0885 e. The Balaban J connectivity index is 2.25. The van der Waals surface area contributed by atoms with Gasteiger partial charge in [-0.2, -0.15) is 0 Å². The van der Waals surface area contributed by atoms with Crippen LogP contribution < -0.4 is 0 Å². The summed E-state index contributed by atoms with van der Waals surface area (Å²) in [6.45, 7) is 0. The number of hydrogen-bond acceptors (Lipinski definition) is 0. The van der Waals surface area contributed by atoms with E-state index in [9.17, 15) is 0 Å². The summed E-state index contributed by atoms with van der Waals surface area (Å²) >= 11 is 0. The highest BCUT2D eigenvalue weighted by Gasteiger charge is 1.86. The van der Waals surface area contributed by atoms with Gasteiger partial charge in [0.2, 0.25) is 0 Å². The Morgan fingerprint density at radius 2 is 0.786 bits per heavy atom. The lowest BCUT2D eigenvalue weighted by molar-refractivity contribution is 0.744. The Bertz CT molecular complexity index is 174. The summed E-state index contributed by atoms with van der Waals surface area (Å²) in [6.07, 6.45) is 24.0. The Labute approximate surface area is 88.4 Å². The van der Waals surface area contributed by atoms with Gasteiger partial charge in [-0.25, -0.2) is 0 Å². The molecule has 0 unspecified atom stereocenters. The molecule has 0 heterocycles. The van der Waals surface area contributed by atoms with E-state index in [4.69, 9.17) is 0 Å². The molecule has 0 bridgehead atoms. The van der Waals surface area contributed by atoms with Crippen molar-refractivity contribution < 1.29 is 0 Å². The van der Waals surface area contributed by atoms with Crippen molar-refractivity contribution >= 4 is 0 Å². The molecule has 14 heavy (non-hydrogen) atoms. The van der Waals surface area contributed by atoms with Gasteiger partial charge in [-0.1, -0.05) is 36.5 Å². The van der Waals surface area contributed by atoms with Crippen molar-refractivity contribution in [1.29, 1.82) is 0 Å². The number of allylic oxidation sites excluding steroid dienone is 6. The zero-order valence-corrected chi connectivity index (χ0v) is 9.12. The van der Waals surface area contributed by atoms with Gasteiger partial charge in [-0.05, 0) is 51.4 Å². The van der Waals surface area contributed by atoms with Crippen LogP contribution >= 0.6 is 0 Å². The monoisotopic (exact) mass is 190 g/mol. The summed E-state index contributed by atoms with van der Waals surface area (Å²) in [4.78, 5) is 0. The predicted molar refractivity (Wildman–Crippen MR) is 64.4 cm³/mol. The molecular formula is C14H22. The van der Waals surface area contributed by atoms with Crippen LogP contribution in [0, 0.1) is 0 Å². The van der Waals surface area contributed by atoms with Gasteiger partial charge >= 0.3 is 0 Å². The van der Waals surface area contributed by atoms with Crippen LogP contribution in [0.15, 0.2) is 36.5 Å². The Kier molecular flexibility index (Phi) is 7.10. The molecule has 0 saturated heterocycles. The fourth-order valence-corrected chi connectivity index (χ4v) is 1.63. The third kappa shape index (κ3) is 6.71. The van der Waals surface area contributed by atoms with Crippen molar-refractivity contribution in [3.63, 3.8) is 0 Å². The van der Waals surface area contributed by atoms with Crippen LogP contribution in [0.1, 0.15) is 51.4 Å². The predicted octanol–water partition coefficient (Wildman–Crippen LogP) is 4.79. The van der Waals surface area contributed by atoms with E-state index in [0.717, 1.165) is 0 Å². The molecule has 0 aromatic carbocycles. The molecule has 0 N–H and O–H groups in total. The van der Waals surface area contributed by atoms with Gasteiger partial charge in [-0.3, -0.25) is 0 Å². The van der Waals surface area contributed by atoms with Crippen molar-refractivity contribution in [1.82, 2.24) is 0 Å². The van der Waals surface area contributed by atoms with Crippen molar-refractivity contribution in [2.75, 3.05) is 0 Å². The molecule has 0 saturated carbocycles. The Hall–Kier alpha value is -0.780. The molecule has 78 valence electrons. The van der Waals surface area contributed by atoms with Gasteiger partial charge in [0.05, 0.1) is 0 Å². The van der Waals surface area contributed by atoms with Crippen molar-refractivity contribution in [2.24, 2.45) is 0 Å². The van der Waals surface area contributed by atoms with E-state index in [1.165, 1.54) is 51.4 Å². The van der Waals surface area contributed by atoms with E-state index in [1.54, 1.807) is 0 Å². The number of rotatable bonds is 0. The molecule has 0 fully saturated rings. The molecule has 1 aliphatic carbocycles. The smallest absolute Gasteiger partial charge is 0.0347 e. The van der Waals surface area contributed by atoms with E-state index in [-0.39, 0.29) is 0 Å². The second kappa shape index (κ2) is 8.80. The second-order valence-corrected chi connectivity index (χ2v) is 3.90. The highest BCUT2D eigenvalue weighted by molar-refractivity contribution is 5.02. The third-order valence-electron chi connectivity index (χ3n) is 2.53. The van der Waals surface area contributed by atoms with Gasteiger partial charge in [0.25, 0.3) is 0 Å². The molecule has 0 nitrogen and oxygen atoms in total. The lowest BCUT2D eigenvalue weighted by Crippen LogP contribution is -1.75. The lowest BCUT2D eigenvalue weighted by Gasteiger charge is -1.95. The Morgan fingerprint density at radius 3 is 1.21 bits per heavy atom. The fraction of sp³-hybridized carbons (Fsp3) is 0.571. The van der Waals surface area contributed by atoms with Crippen molar-refractivity contribution in [3.05, 3.63) is 36.5 Å². The highest BCUT2D eigenvalue weighted by Crippen LogP contribution is 2.06. The second-order valence-electron chi connectivity index (χ2n) is 3.90. The van der Waals surface area contributed by atoms with Crippen LogP contribution in [0.5, 0.6) is 0 Å². The summed E-state index contributed by atoms with van der Waals surface area (Å²) in [5.41, 5.74) is 0. The maximum atomic E-state index is 2.35. The maximum Gasteiger partial charge on any atom is -0.0347 e. The minimum absolute atomic E-state index is 1.23. The highest BCUT2D eigenvalue weighted by atomic mass is 13.9. The van der Waals surface area contributed by atoms with Gasteiger partial charge in [-0.15, -0.1) is 0 Å². The summed E-state index contributed by atoms with van der Waals surface area (Å²) in [7, 11) is 0.